The van der Waals surface area contributed by atoms with Gasteiger partial charge in [0.15, 0.2) is 0 Å². The molecule has 0 aromatic rings. The van der Waals surface area contributed by atoms with Crippen LogP contribution >= 0.6 is 0 Å². The Bertz CT molecular complexity index is 243. The molecule has 0 atom stereocenters. The molecule has 0 bridgehead atoms. The number of amides is 1. The molecule has 0 aliphatic heterocycles. The third kappa shape index (κ3) is 3.25. The van der Waals surface area contributed by atoms with Gasteiger partial charge in [-0.1, -0.05) is 0 Å². The molecule has 0 heterocycles. The molecule has 1 aliphatic carbocycles. The van der Waals surface area contributed by atoms with Crippen molar-refractivity contribution in [2.45, 2.75) is 25.0 Å². The predicted octanol–water partition coefficient (Wildman–Crippen LogP) is -0.733. The summed E-state index contributed by atoms with van der Waals surface area (Å²) >= 11 is 0. The minimum Gasteiger partial charge on any atom is -0.478 e. The van der Waals surface area contributed by atoms with Gasteiger partial charge in [0.05, 0.1) is 6.10 Å². The number of aliphatic hydroxyl groups is 1. The quantitative estimate of drug-likeness (QED) is 0.506. The fourth-order valence-electron chi connectivity index (χ4n) is 1.10. The summed E-state index contributed by atoms with van der Waals surface area (Å²) in [5.74, 6) is -1.58. The lowest BCUT2D eigenvalue weighted by atomic mass is 9.89. The molecule has 1 saturated carbocycles. The first-order valence-corrected chi connectivity index (χ1v) is 3.97. The largest absolute Gasteiger partial charge is 0.478 e. The van der Waals surface area contributed by atoms with Gasteiger partial charge in [-0.15, -0.1) is 0 Å². The molecular formula is C8H11NO4. The van der Waals surface area contributed by atoms with Crippen molar-refractivity contribution in [1.29, 1.82) is 0 Å². The smallest absolute Gasteiger partial charge is 0.328 e. The van der Waals surface area contributed by atoms with E-state index >= 15 is 0 Å². The van der Waals surface area contributed by atoms with Crippen LogP contribution in [0, 0.1) is 0 Å². The van der Waals surface area contributed by atoms with Crippen LogP contribution in [0.1, 0.15) is 12.8 Å². The summed E-state index contributed by atoms with van der Waals surface area (Å²) in [6.45, 7) is 0. The third-order valence-corrected chi connectivity index (χ3v) is 1.84. The van der Waals surface area contributed by atoms with E-state index < -0.39 is 11.9 Å². The number of carbonyl (C=O) groups is 2. The average molecular weight is 185 g/mol. The summed E-state index contributed by atoms with van der Waals surface area (Å²) in [6, 6.07) is -0.0130. The van der Waals surface area contributed by atoms with Gasteiger partial charge in [-0.25, -0.2) is 4.79 Å². The molecule has 0 saturated heterocycles. The zero-order valence-electron chi connectivity index (χ0n) is 6.93. The summed E-state index contributed by atoms with van der Waals surface area (Å²) < 4.78 is 0. The van der Waals surface area contributed by atoms with Gasteiger partial charge >= 0.3 is 5.97 Å². The molecule has 3 N–H and O–H groups in total. The number of hydrogen-bond donors (Lipinski definition) is 3. The highest BCUT2D eigenvalue weighted by molar-refractivity contribution is 5.94. The third-order valence-electron chi connectivity index (χ3n) is 1.84. The first-order chi connectivity index (χ1) is 6.08. The van der Waals surface area contributed by atoms with E-state index in [0.29, 0.717) is 12.8 Å². The number of carbonyl (C=O) groups excluding carboxylic acids is 1. The fraction of sp³-hybridized carbons (Fsp3) is 0.500. The highest BCUT2D eigenvalue weighted by Crippen LogP contribution is 2.18. The monoisotopic (exact) mass is 185 g/mol. The van der Waals surface area contributed by atoms with E-state index in [1.807, 2.05) is 0 Å². The summed E-state index contributed by atoms with van der Waals surface area (Å²) in [4.78, 5) is 20.9. The molecular weight excluding hydrogens is 174 g/mol. The van der Waals surface area contributed by atoms with Crippen LogP contribution in [0.15, 0.2) is 12.2 Å². The van der Waals surface area contributed by atoms with Crippen LogP contribution in [-0.4, -0.2) is 34.2 Å². The van der Waals surface area contributed by atoms with Crippen molar-refractivity contribution >= 4 is 11.9 Å². The SMILES string of the molecule is O=C(O)/C=C\C(=O)NC1CC(O)C1. The lowest BCUT2D eigenvalue weighted by Gasteiger charge is -2.31. The lowest BCUT2D eigenvalue weighted by molar-refractivity contribution is -0.131. The average Bonchev–Trinajstić information content (AvgIpc) is 1.98. The van der Waals surface area contributed by atoms with E-state index in [9.17, 15) is 9.59 Å². The van der Waals surface area contributed by atoms with Crippen LogP contribution in [0.4, 0.5) is 0 Å². The van der Waals surface area contributed by atoms with Gasteiger partial charge in [0.1, 0.15) is 0 Å². The predicted molar refractivity (Wildman–Crippen MR) is 43.9 cm³/mol. The van der Waals surface area contributed by atoms with Crippen molar-refractivity contribution < 1.29 is 19.8 Å². The Balaban J connectivity index is 2.22. The molecule has 13 heavy (non-hydrogen) atoms. The molecule has 72 valence electrons. The van der Waals surface area contributed by atoms with Gasteiger partial charge < -0.3 is 15.5 Å². The molecule has 0 unspecified atom stereocenters. The van der Waals surface area contributed by atoms with Crippen molar-refractivity contribution in [3.63, 3.8) is 0 Å². The molecule has 5 heteroatoms. The van der Waals surface area contributed by atoms with Crippen molar-refractivity contribution in [2.75, 3.05) is 0 Å². The number of carboxylic acid groups (broad SMARTS) is 1. The van der Waals surface area contributed by atoms with Gasteiger partial charge in [-0.05, 0) is 12.8 Å². The van der Waals surface area contributed by atoms with E-state index in [-0.39, 0.29) is 12.1 Å². The zero-order valence-corrected chi connectivity index (χ0v) is 6.93. The van der Waals surface area contributed by atoms with Gasteiger partial charge in [-0.2, -0.15) is 0 Å². The van der Waals surface area contributed by atoms with Crippen LogP contribution in [-0.2, 0) is 9.59 Å². The molecule has 1 fully saturated rings. The topological polar surface area (TPSA) is 86.6 Å². The first-order valence-electron chi connectivity index (χ1n) is 3.97. The Morgan fingerprint density at radius 2 is 1.92 bits per heavy atom. The number of aliphatic hydroxyl groups excluding tert-OH is 1. The van der Waals surface area contributed by atoms with Crippen LogP contribution in [0.5, 0.6) is 0 Å². The molecule has 0 aromatic carbocycles. The number of rotatable bonds is 3. The van der Waals surface area contributed by atoms with Crippen LogP contribution in [0.25, 0.3) is 0 Å². The van der Waals surface area contributed by atoms with Crippen molar-refractivity contribution in [1.82, 2.24) is 5.32 Å². The number of hydrogen-bond acceptors (Lipinski definition) is 3. The maximum absolute atomic E-state index is 10.9. The number of carboxylic acids is 1. The van der Waals surface area contributed by atoms with Crippen LogP contribution in [0.2, 0.25) is 0 Å². The van der Waals surface area contributed by atoms with E-state index in [1.165, 1.54) is 0 Å². The lowest BCUT2D eigenvalue weighted by Crippen LogP contribution is -2.46. The number of aliphatic carboxylic acids is 1. The van der Waals surface area contributed by atoms with Gasteiger partial charge in [0, 0.05) is 18.2 Å². The van der Waals surface area contributed by atoms with E-state index in [4.69, 9.17) is 10.2 Å². The van der Waals surface area contributed by atoms with E-state index in [1.54, 1.807) is 0 Å². The second kappa shape index (κ2) is 4.04. The van der Waals surface area contributed by atoms with Gasteiger partial charge in [0.25, 0.3) is 0 Å². The standard InChI is InChI=1S/C8H11NO4/c10-6-3-5(4-6)9-7(11)1-2-8(12)13/h1-2,5-6,10H,3-4H2,(H,9,11)(H,12,13)/b2-1-. The maximum Gasteiger partial charge on any atom is 0.328 e. The molecule has 0 spiro atoms. The van der Waals surface area contributed by atoms with Crippen LogP contribution < -0.4 is 5.32 Å². The molecule has 1 aliphatic rings. The van der Waals surface area contributed by atoms with Crippen molar-refractivity contribution in [3.05, 3.63) is 12.2 Å². The van der Waals surface area contributed by atoms with Gasteiger partial charge in [0.2, 0.25) is 5.91 Å². The fourth-order valence-corrected chi connectivity index (χ4v) is 1.10. The highest BCUT2D eigenvalue weighted by Gasteiger charge is 2.27. The number of nitrogens with one attached hydrogen (secondary N) is 1. The van der Waals surface area contributed by atoms with E-state index in [0.717, 1.165) is 12.2 Å². The Morgan fingerprint density at radius 3 is 2.38 bits per heavy atom. The Hall–Kier alpha value is -1.36. The minimum absolute atomic E-state index is 0.0130. The molecule has 5 nitrogen and oxygen atoms in total. The molecule has 0 radical (unpaired) electrons. The first kappa shape index (κ1) is 9.73. The highest BCUT2D eigenvalue weighted by atomic mass is 16.4. The Morgan fingerprint density at radius 1 is 1.31 bits per heavy atom. The zero-order chi connectivity index (χ0) is 9.84. The van der Waals surface area contributed by atoms with Crippen molar-refractivity contribution in [3.8, 4) is 0 Å². The summed E-state index contributed by atoms with van der Waals surface area (Å²) in [5.41, 5.74) is 0. The molecule has 1 rings (SSSR count). The summed E-state index contributed by atoms with van der Waals surface area (Å²) in [6.07, 6.45) is 2.52. The van der Waals surface area contributed by atoms with Gasteiger partial charge in [-0.3, -0.25) is 4.79 Å². The summed E-state index contributed by atoms with van der Waals surface area (Å²) in [5, 5.41) is 19.6. The minimum atomic E-state index is -1.15. The second-order valence-electron chi connectivity index (χ2n) is 3.00. The molecule has 0 aromatic heterocycles. The van der Waals surface area contributed by atoms with Crippen molar-refractivity contribution in [2.24, 2.45) is 0 Å². The maximum atomic E-state index is 10.9. The van der Waals surface area contributed by atoms with Crippen LogP contribution in [0.3, 0.4) is 0 Å². The Kier molecular flexibility index (Phi) is 3.02. The van der Waals surface area contributed by atoms with E-state index in [2.05, 4.69) is 5.32 Å². The normalized spacial score (nSPS) is 26.8. The Labute approximate surface area is 75.1 Å². The molecule has 1 amide bonds. The second-order valence-corrected chi connectivity index (χ2v) is 3.00. The summed E-state index contributed by atoms with van der Waals surface area (Å²) in [7, 11) is 0.